The number of nitrogen functional groups attached to an aromatic ring is 1. The first-order valence-corrected chi connectivity index (χ1v) is 13.8. The van der Waals surface area contributed by atoms with Gasteiger partial charge in [0.2, 0.25) is 5.95 Å². The number of nitrogens with two attached hydrogens (primary N) is 1. The number of aromatic nitrogens is 6. The van der Waals surface area contributed by atoms with Gasteiger partial charge in [-0.1, -0.05) is 24.3 Å². The van der Waals surface area contributed by atoms with Gasteiger partial charge in [0.25, 0.3) is 0 Å². The molecule has 7 rings (SSSR count). The molecule has 1 fully saturated rings. The zero-order valence-corrected chi connectivity index (χ0v) is 22.8. The molecule has 0 amide bonds. The van der Waals surface area contributed by atoms with Gasteiger partial charge in [-0.3, -0.25) is 9.47 Å². The molecule has 0 spiro atoms. The highest BCUT2D eigenvalue weighted by Gasteiger charge is 2.21. The lowest BCUT2D eigenvalue weighted by atomic mass is 10.1. The molecule has 0 saturated carbocycles. The minimum Gasteiger partial charge on any atom is -0.383 e. The number of fused-ring (bicyclic) bond motifs is 1. The van der Waals surface area contributed by atoms with Crippen LogP contribution < -0.4 is 10.6 Å². The topological polar surface area (TPSA) is 102 Å². The first-order valence-electron chi connectivity index (χ1n) is 13.8. The minimum atomic E-state index is -0.308. The van der Waals surface area contributed by atoms with Gasteiger partial charge >= 0.3 is 0 Å². The molecule has 1 aliphatic heterocycles. The van der Waals surface area contributed by atoms with Crippen LogP contribution in [-0.4, -0.2) is 60.6 Å². The van der Waals surface area contributed by atoms with E-state index in [0.717, 1.165) is 44.4 Å². The second-order valence-corrected chi connectivity index (χ2v) is 10.2. The molecule has 5 heterocycles. The summed E-state index contributed by atoms with van der Waals surface area (Å²) in [4.78, 5) is 27.6. The van der Waals surface area contributed by atoms with Crippen molar-refractivity contribution in [3.63, 3.8) is 0 Å². The highest BCUT2D eigenvalue weighted by molar-refractivity contribution is 5.84. The Bertz CT molecular complexity index is 1850. The molecule has 1 saturated heterocycles. The fraction of sp³-hybridized carbons (Fsp3) is 0.156. The Kier molecular flexibility index (Phi) is 6.73. The van der Waals surface area contributed by atoms with Crippen molar-refractivity contribution < 1.29 is 4.39 Å². The van der Waals surface area contributed by atoms with Gasteiger partial charge in [-0.2, -0.15) is 0 Å². The number of hydrogen-bond donors (Lipinski definition) is 1. The fourth-order valence-electron chi connectivity index (χ4n) is 5.37. The number of anilines is 2. The number of hydrogen-bond acceptors (Lipinski definition) is 8. The summed E-state index contributed by atoms with van der Waals surface area (Å²) < 4.78 is 16.0. The number of halogens is 1. The molecule has 0 bridgehead atoms. The zero-order chi connectivity index (χ0) is 28.5. The van der Waals surface area contributed by atoms with Crippen LogP contribution in [-0.2, 0) is 6.54 Å². The summed E-state index contributed by atoms with van der Waals surface area (Å²) in [6.07, 6.45) is 5.23. The lowest BCUT2D eigenvalue weighted by Crippen LogP contribution is -2.46. The molecule has 0 aliphatic carbocycles. The highest BCUT2D eigenvalue weighted by atomic mass is 19.1. The van der Waals surface area contributed by atoms with Crippen LogP contribution in [0.2, 0.25) is 0 Å². The average molecular weight is 558 g/mol. The van der Waals surface area contributed by atoms with E-state index in [1.807, 2.05) is 41.0 Å². The van der Waals surface area contributed by atoms with E-state index in [4.69, 9.17) is 15.7 Å². The molecule has 0 radical (unpaired) electrons. The maximum atomic E-state index is 14.0. The van der Waals surface area contributed by atoms with Gasteiger partial charge in [0.15, 0.2) is 11.5 Å². The largest absolute Gasteiger partial charge is 0.383 e. The molecule has 42 heavy (non-hydrogen) atoms. The predicted octanol–water partition coefficient (Wildman–Crippen LogP) is 4.98. The van der Waals surface area contributed by atoms with Gasteiger partial charge in [-0.05, 0) is 60.2 Å². The second kappa shape index (κ2) is 11.0. The number of benzene rings is 2. The number of imidazole rings is 1. The number of nitrogens with zero attached hydrogens (tertiary/aromatic N) is 8. The zero-order valence-electron chi connectivity index (χ0n) is 22.8. The van der Waals surface area contributed by atoms with Crippen molar-refractivity contribution in [1.29, 1.82) is 0 Å². The summed E-state index contributed by atoms with van der Waals surface area (Å²) in [6, 6.07) is 24.2. The molecule has 1 aliphatic rings. The van der Waals surface area contributed by atoms with E-state index in [1.165, 1.54) is 17.7 Å². The third-order valence-corrected chi connectivity index (χ3v) is 7.51. The van der Waals surface area contributed by atoms with Crippen molar-refractivity contribution in [3.8, 4) is 28.3 Å². The van der Waals surface area contributed by atoms with Crippen LogP contribution in [0.15, 0.2) is 97.5 Å². The van der Waals surface area contributed by atoms with Crippen LogP contribution in [0.3, 0.4) is 0 Å². The molecule has 9 nitrogen and oxygen atoms in total. The maximum absolute atomic E-state index is 14.0. The summed E-state index contributed by atoms with van der Waals surface area (Å²) in [6.45, 7) is 4.49. The van der Waals surface area contributed by atoms with E-state index < -0.39 is 0 Å². The standard InChI is InChI=1S/C32H28FN9/c33-24-5-1-4-23(20-24)27-11-12-28-31(38-27)42(30(39-28)26-6-2-13-35-29(26)34)25-9-7-22(8-10-25)21-40-16-18-41(19-17-40)32-36-14-3-15-37-32/h1-15,20H,16-19,21H2,(H2,34,35). The summed E-state index contributed by atoms with van der Waals surface area (Å²) in [5.74, 6) is 1.51. The Labute approximate surface area is 242 Å². The lowest BCUT2D eigenvalue weighted by Gasteiger charge is -2.34. The van der Waals surface area contributed by atoms with E-state index in [9.17, 15) is 4.39 Å². The van der Waals surface area contributed by atoms with Gasteiger partial charge in [-0.25, -0.2) is 29.3 Å². The maximum Gasteiger partial charge on any atom is 0.225 e. The first-order chi connectivity index (χ1) is 20.6. The van der Waals surface area contributed by atoms with Gasteiger partial charge in [0.1, 0.15) is 17.2 Å². The van der Waals surface area contributed by atoms with E-state index in [2.05, 4.69) is 49.0 Å². The van der Waals surface area contributed by atoms with Gasteiger partial charge < -0.3 is 10.6 Å². The van der Waals surface area contributed by atoms with E-state index in [0.29, 0.717) is 39.6 Å². The molecule has 4 aromatic heterocycles. The quantitative estimate of drug-likeness (QED) is 0.306. The Balaban J connectivity index is 1.20. The first kappa shape index (κ1) is 25.7. The molecule has 2 N–H and O–H groups in total. The Morgan fingerprint density at radius 1 is 0.762 bits per heavy atom. The summed E-state index contributed by atoms with van der Waals surface area (Å²) in [5.41, 5.74) is 11.8. The van der Waals surface area contributed by atoms with Gasteiger partial charge in [0, 0.05) is 62.6 Å². The molecule has 10 heteroatoms. The Morgan fingerprint density at radius 3 is 2.31 bits per heavy atom. The second-order valence-electron chi connectivity index (χ2n) is 10.2. The third kappa shape index (κ3) is 5.04. The molecule has 2 aromatic carbocycles. The third-order valence-electron chi connectivity index (χ3n) is 7.51. The van der Waals surface area contributed by atoms with Crippen LogP contribution in [0.4, 0.5) is 16.2 Å². The number of rotatable bonds is 6. The van der Waals surface area contributed by atoms with Crippen LogP contribution in [0, 0.1) is 5.82 Å². The smallest absolute Gasteiger partial charge is 0.225 e. The SMILES string of the molecule is Nc1ncccc1-c1nc2ccc(-c3cccc(F)c3)nc2n1-c1ccc(CN2CCN(c3ncccn3)CC2)cc1. The summed E-state index contributed by atoms with van der Waals surface area (Å²) >= 11 is 0. The van der Waals surface area contributed by atoms with Crippen LogP contribution in [0.25, 0.3) is 39.5 Å². The van der Waals surface area contributed by atoms with E-state index in [-0.39, 0.29) is 5.82 Å². The summed E-state index contributed by atoms with van der Waals surface area (Å²) in [7, 11) is 0. The monoisotopic (exact) mass is 557 g/mol. The van der Waals surface area contributed by atoms with Crippen molar-refractivity contribution in [2.75, 3.05) is 36.8 Å². The Hall–Kier alpha value is -5.22. The molecule has 208 valence electrons. The normalized spacial score (nSPS) is 14.0. The van der Waals surface area contributed by atoms with E-state index >= 15 is 0 Å². The Morgan fingerprint density at radius 2 is 1.55 bits per heavy atom. The molecule has 0 unspecified atom stereocenters. The van der Waals surface area contributed by atoms with Crippen molar-refractivity contribution in [2.45, 2.75) is 6.54 Å². The number of pyridine rings is 2. The minimum absolute atomic E-state index is 0.308. The van der Waals surface area contributed by atoms with Crippen LogP contribution >= 0.6 is 0 Å². The predicted molar refractivity (Wildman–Crippen MR) is 161 cm³/mol. The highest BCUT2D eigenvalue weighted by Crippen LogP contribution is 2.32. The molecular formula is C32H28FN9. The van der Waals surface area contributed by atoms with Crippen molar-refractivity contribution in [1.82, 2.24) is 34.4 Å². The van der Waals surface area contributed by atoms with Crippen LogP contribution in [0.1, 0.15) is 5.56 Å². The van der Waals surface area contributed by atoms with Crippen molar-refractivity contribution in [3.05, 3.63) is 109 Å². The van der Waals surface area contributed by atoms with E-state index in [1.54, 1.807) is 24.7 Å². The van der Waals surface area contributed by atoms with Crippen molar-refractivity contribution in [2.24, 2.45) is 0 Å². The van der Waals surface area contributed by atoms with Crippen LogP contribution in [0.5, 0.6) is 0 Å². The average Bonchev–Trinajstić information content (AvgIpc) is 3.41. The fourth-order valence-corrected chi connectivity index (χ4v) is 5.37. The van der Waals surface area contributed by atoms with Gasteiger partial charge in [0.05, 0.1) is 11.3 Å². The summed E-state index contributed by atoms with van der Waals surface area (Å²) in [5, 5.41) is 0. The molecule has 0 atom stereocenters. The lowest BCUT2D eigenvalue weighted by molar-refractivity contribution is 0.248. The molecular weight excluding hydrogens is 529 g/mol. The number of piperazine rings is 1. The van der Waals surface area contributed by atoms with Crippen molar-refractivity contribution >= 4 is 22.9 Å². The molecule has 6 aromatic rings. The van der Waals surface area contributed by atoms with Gasteiger partial charge in [-0.15, -0.1) is 0 Å².